The lowest BCUT2D eigenvalue weighted by atomic mass is 9.94. The molecule has 4 heteroatoms. The zero-order valence-corrected chi connectivity index (χ0v) is 18.0. The van der Waals surface area contributed by atoms with Crippen LogP contribution in [0.2, 0.25) is 0 Å². The molecule has 1 atom stereocenters. The zero-order chi connectivity index (χ0) is 21.4. The second-order valence-corrected chi connectivity index (χ2v) is 8.12. The maximum absolute atomic E-state index is 10.8. The van der Waals surface area contributed by atoms with Gasteiger partial charge in [-0.05, 0) is 49.6 Å². The Morgan fingerprint density at radius 1 is 0.867 bits per heavy atom. The number of hydrogen-bond acceptors (Lipinski definition) is 4. The fraction of sp³-hybridized carbons (Fsp3) is 0.308. The first kappa shape index (κ1) is 21.9. The smallest absolute Gasteiger partial charge is 0.125 e. The van der Waals surface area contributed by atoms with Gasteiger partial charge in [-0.15, -0.1) is 0 Å². The molecule has 0 aromatic heterocycles. The van der Waals surface area contributed by atoms with Crippen LogP contribution >= 0.6 is 0 Å². The number of hydrogen-bond donors (Lipinski definition) is 2. The fourth-order valence-corrected chi connectivity index (χ4v) is 3.42. The minimum absolute atomic E-state index is 0.171. The van der Waals surface area contributed by atoms with Crippen molar-refractivity contribution in [3.63, 3.8) is 0 Å². The molecule has 0 bridgehead atoms. The van der Waals surface area contributed by atoms with Crippen molar-refractivity contribution in [1.82, 2.24) is 5.32 Å². The fourth-order valence-electron chi connectivity index (χ4n) is 3.42. The van der Waals surface area contributed by atoms with Crippen LogP contribution in [0.4, 0.5) is 0 Å². The molecule has 0 aliphatic heterocycles. The minimum atomic E-state index is -0.660. The van der Waals surface area contributed by atoms with E-state index in [0.717, 1.165) is 23.3 Å². The van der Waals surface area contributed by atoms with Gasteiger partial charge in [-0.2, -0.15) is 0 Å². The molecule has 0 saturated heterocycles. The Hall–Kier alpha value is -2.82. The number of aliphatic hydroxyl groups excluding tert-OH is 1. The maximum atomic E-state index is 10.8. The van der Waals surface area contributed by atoms with E-state index in [1.165, 1.54) is 5.56 Å². The summed E-state index contributed by atoms with van der Waals surface area (Å²) >= 11 is 0. The number of methoxy groups -OCH3 is 1. The summed E-state index contributed by atoms with van der Waals surface area (Å²) in [6.45, 7) is 5.19. The Balaban J connectivity index is 1.58. The molecule has 0 spiro atoms. The molecule has 0 aliphatic carbocycles. The molecule has 0 saturated carbocycles. The van der Waals surface area contributed by atoms with Crippen molar-refractivity contribution in [1.29, 1.82) is 0 Å². The second-order valence-electron chi connectivity index (χ2n) is 8.12. The van der Waals surface area contributed by atoms with Crippen molar-refractivity contribution in [2.45, 2.75) is 38.5 Å². The SMILES string of the molecule is COc1ccc(CC(C)(C)NCC(O)c2ccccc2OCc2ccccc2)cc1. The van der Waals surface area contributed by atoms with Gasteiger partial charge in [-0.1, -0.05) is 60.7 Å². The van der Waals surface area contributed by atoms with E-state index >= 15 is 0 Å². The van der Waals surface area contributed by atoms with E-state index in [4.69, 9.17) is 9.47 Å². The molecule has 158 valence electrons. The molecule has 0 heterocycles. The molecule has 3 aromatic carbocycles. The summed E-state index contributed by atoms with van der Waals surface area (Å²) in [4.78, 5) is 0. The lowest BCUT2D eigenvalue weighted by Gasteiger charge is -2.28. The molecule has 0 fully saturated rings. The third-order valence-corrected chi connectivity index (χ3v) is 5.09. The first-order valence-corrected chi connectivity index (χ1v) is 10.3. The summed E-state index contributed by atoms with van der Waals surface area (Å²) in [5.74, 6) is 1.57. The third kappa shape index (κ3) is 6.34. The largest absolute Gasteiger partial charge is 0.497 e. The third-order valence-electron chi connectivity index (χ3n) is 5.09. The van der Waals surface area contributed by atoms with Crippen molar-refractivity contribution in [2.24, 2.45) is 0 Å². The number of β-amino-alcohol motifs (C(OH)–C–C–N with tert-alkyl or cyclic N) is 1. The quantitative estimate of drug-likeness (QED) is 0.503. The summed E-state index contributed by atoms with van der Waals surface area (Å²) in [6.07, 6.45) is 0.183. The van der Waals surface area contributed by atoms with E-state index in [0.29, 0.717) is 18.9 Å². The molecule has 0 aliphatic rings. The summed E-state index contributed by atoms with van der Waals surface area (Å²) in [6, 6.07) is 25.8. The van der Waals surface area contributed by atoms with Crippen LogP contribution in [0.1, 0.15) is 36.6 Å². The van der Waals surface area contributed by atoms with Crippen LogP contribution in [-0.4, -0.2) is 24.3 Å². The normalized spacial score (nSPS) is 12.4. The Morgan fingerprint density at radius 2 is 1.53 bits per heavy atom. The molecule has 1 unspecified atom stereocenters. The van der Waals surface area contributed by atoms with Crippen molar-refractivity contribution >= 4 is 0 Å². The van der Waals surface area contributed by atoms with Crippen LogP contribution in [-0.2, 0) is 13.0 Å². The lowest BCUT2D eigenvalue weighted by Crippen LogP contribution is -2.43. The van der Waals surface area contributed by atoms with Crippen molar-refractivity contribution < 1.29 is 14.6 Å². The molecular weight excluding hydrogens is 374 g/mol. The van der Waals surface area contributed by atoms with Crippen LogP contribution in [0.5, 0.6) is 11.5 Å². The van der Waals surface area contributed by atoms with Gasteiger partial charge in [0.25, 0.3) is 0 Å². The van der Waals surface area contributed by atoms with Gasteiger partial charge in [-0.25, -0.2) is 0 Å². The van der Waals surface area contributed by atoms with Crippen LogP contribution < -0.4 is 14.8 Å². The Kier molecular flexibility index (Phi) is 7.50. The standard InChI is InChI=1S/C26H31NO3/c1-26(2,17-20-13-15-22(29-3)16-14-20)27-18-24(28)23-11-7-8-12-25(23)30-19-21-9-5-4-6-10-21/h4-16,24,27-28H,17-19H2,1-3H3. The molecule has 30 heavy (non-hydrogen) atoms. The van der Waals surface area contributed by atoms with Crippen LogP contribution in [0.15, 0.2) is 78.9 Å². The molecule has 0 radical (unpaired) electrons. The van der Waals surface area contributed by atoms with E-state index in [1.54, 1.807) is 7.11 Å². The van der Waals surface area contributed by atoms with E-state index in [9.17, 15) is 5.11 Å². The molecule has 4 nitrogen and oxygen atoms in total. The molecule has 0 amide bonds. The summed E-state index contributed by atoms with van der Waals surface area (Å²) in [7, 11) is 1.67. The highest BCUT2D eigenvalue weighted by Gasteiger charge is 2.21. The van der Waals surface area contributed by atoms with Gasteiger partial charge in [0.15, 0.2) is 0 Å². The molecular formula is C26H31NO3. The highest BCUT2D eigenvalue weighted by atomic mass is 16.5. The molecule has 3 rings (SSSR count). The van der Waals surface area contributed by atoms with Crippen LogP contribution in [0, 0.1) is 0 Å². The number of ether oxygens (including phenoxy) is 2. The summed E-state index contributed by atoms with van der Waals surface area (Å²) in [5.41, 5.74) is 2.94. The van der Waals surface area contributed by atoms with Gasteiger partial charge in [0.1, 0.15) is 18.1 Å². The maximum Gasteiger partial charge on any atom is 0.125 e. The van der Waals surface area contributed by atoms with Gasteiger partial charge in [0, 0.05) is 17.6 Å². The Labute approximate surface area is 179 Å². The van der Waals surface area contributed by atoms with E-state index in [2.05, 4.69) is 31.3 Å². The van der Waals surface area contributed by atoms with Crippen molar-refractivity contribution in [2.75, 3.05) is 13.7 Å². The Bertz CT molecular complexity index is 907. The highest BCUT2D eigenvalue weighted by Crippen LogP contribution is 2.26. The number of para-hydroxylation sites is 1. The minimum Gasteiger partial charge on any atom is -0.497 e. The highest BCUT2D eigenvalue weighted by molar-refractivity contribution is 5.35. The average molecular weight is 406 g/mol. The van der Waals surface area contributed by atoms with Gasteiger partial charge in [0.05, 0.1) is 13.2 Å². The second kappa shape index (κ2) is 10.3. The summed E-state index contributed by atoms with van der Waals surface area (Å²) in [5, 5.41) is 14.3. The Morgan fingerprint density at radius 3 is 2.23 bits per heavy atom. The van der Waals surface area contributed by atoms with Gasteiger partial charge >= 0.3 is 0 Å². The molecule has 2 N–H and O–H groups in total. The monoisotopic (exact) mass is 405 g/mol. The predicted molar refractivity (Wildman–Crippen MR) is 121 cm³/mol. The van der Waals surface area contributed by atoms with Gasteiger partial charge in [0.2, 0.25) is 0 Å². The predicted octanol–water partition coefficient (Wildman–Crippen LogP) is 4.92. The molecule has 3 aromatic rings. The van der Waals surface area contributed by atoms with E-state index < -0.39 is 6.10 Å². The number of rotatable bonds is 10. The topological polar surface area (TPSA) is 50.7 Å². The average Bonchev–Trinajstić information content (AvgIpc) is 2.77. The first-order chi connectivity index (χ1) is 14.5. The van der Waals surface area contributed by atoms with E-state index in [1.807, 2.05) is 66.7 Å². The van der Waals surface area contributed by atoms with Crippen LogP contribution in [0.3, 0.4) is 0 Å². The zero-order valence-electron chi connectivity index (χ0n) is 18.0. The summed E-state index contributed by atoms with van der Waals surface area (Å²) < 4.78 is 11.2. The van der Waals surface area contributed by atoms with Crippen molar-refractivity contribution in [3.05, 3.63) is 95.6 Å². The van der Waals surface area contributed by atoms with Crippen molar-refractivity contribution in [3.8, 4) is 11.5 Å². The van der Waals surface area contributed by atoms with Gasteiger partial charge < -0.3 is 19.9 Å². The number of benzene rings is 3. The lowest BCUT2D eigenvalue weighted by molar-refractivity contribution is 0.154. The first-order valence-electron chi connectivity index (χ1n) is 10.3. The number of aliphatic hydroxyl groups is 1. The van der Waals surface area contributed by atoms with Crippen LogP contribution in [0.25, 0.3) is 0 Å². The van der Waals surface area contributed by atoms with E-state index in [-0.39, 0.29) is 5.54 Å². The number of nitrogens with one attached hydrogen (secondary N) is 1. The van der Waals surface area contributed by atoms with Gasteiger partial charge in [-0.3, -0.25) is 0 Å².